The zero-order chi connectivity index (χ0) is 60.0. The van der Waals surface area contributed by atoms with Crippen molar-refractivity contribution in [3.05, 3.63) is 72.9 Å². The van der Waals surface area contributed by atoms with Gasteiger partial charge >= 0.3 is 13.8 Å². The van der Waals surface area contributed by atoms with Crippen molar-refractivity contribution in [3.8, 4) is 0 Å². The van der Waals surface area contributed by atoms with Crippen LogP contribution in [0.3, 0.4) is 0 Å². The molecule has 0 aliphatic carbocycles. The third kappa shape index (κ3) is 62.0. The molecule has 1 amide bonds. The zero-order valence-electron chi connectivity index (χ0n) is 54.7. The van der Waals surface area contributed by atoms with Crippen LogP contribution < -0.4 is 5.32 Å². The van der Waals surface area contributed by atoms with Crippen molar-refractivity contribution in [3.63, 3.8) is 0 Å². The molecule has 0 bridgehead atoms. The van der Waals surface area contributed by atoms with Crippen molar-refractivity contribution < 1.29 is 37.3 Å². The second kappa shape index (κ2) is 61.5. The number of rotatable bonds is 63. The molecule has 2 N–H and O–H groups in total. The fraction of sp³-hybridized carbons (Fsp3) is 0.806. The number of unbranched alkanes of at least 4 members (excludes halogenated alkanes) is 37. The predicted molar refractivity (Wildman–Crippen MR) is 355 cm³/mol. The number of nitrogens with one attached hydrogen (secondary N) is 1. The minimum absolute atomic E-state index is 0.0384. The Labute approximate surface area is 508 Å². The molecule has 10 heteroatoms. The van der Waals surface area contributed by atoms with Crippen LogP contribution in [0.5, 0.6) is 0 Å². The van der Waals surface area contributed by atoms with E-state index in [1.54, 1.807) is 0 Å². The smallest absolute Gasteiger partial charge is 0.456 e. The molecule has 0 spiro atoms. The molecule has 478 valence electrons. The van der Waals surface area contributed by atoms with Crippen molar-refractivity contribution in [2.75, 3.05) is 40.9 Å². The normalized spacial score (nSPS) is 14.0. The highest BCUT2D eigenvalue weighted by molar-refractivity contribution is 7.47. The second-order valence-electron chi connectivity index (χ2n) is 24.7. The number of carbonyl (C=O) groups excluding carboxylic acids is 2. The number of allylic oxidation sites excluding steroid dienone is 11. The average molecular weight is 1170 g/mol. The summed E-state index contributed by atoms with van der Waals surface area (Å²) in [6, 6.07) is -0.853. The van der Waals surface area contributed by atoms with Crippen LogP contribution in [-0.2, 0) is 27.9 Å². The Morgan fingerprint density at radius 2 is 0.780 bits per heavy atom. The SMILES string of the molecule is CC/C=C\C/C=C\C/C=C\C/C=C\C/C=C\CCCCCCCCCCCC(=O)NC(COP(=O)(O)OCC[N+](C)(C)C)C(/C=C\CCCCCCCCCCCC)OC(=O)CCCCCCCCCCCCCCCCCCCCC. The minimum atomic E-state index is -4.46. The summed E-state index contributed by atoms with van der Waals surface area (Å²) in [6.45, 7) is 6.93. The van der Waals surface area contributed by atoms with Gasteiger partial charge in [0.25, 0.3) is 0 Å². The Morgan fingerprint density at radius 1 is 0.439 bits per heavy atom. The zero-order valence-corrected chi connectivity index (χ0v) is 55.6. The van der Waals surface area contributed by atoms with E-state index >= 15 is 0 Å². The van der Waals surface area contributed by atoms with Crippen LogP contribution in [0.15, 0.2) is 72.9 Å². The Balaban J connectivity index is 5.10. The van der Waals surface area contributed by atoms with Crippen molar-refractivity contribution in [1.82, 2.24) is 5.32 Å². The molecule has 0 aromatic rings. The summed E-state index contributed by atoms with van der Waals surface area (Å²) < 4.78 is 30.8. The van der Waals surface area contributed by atoms with Crippen LogP contribution in [0.1, 0.15) is 323 Å². The van der Waals surface area contributed by atoms with E-state index in [1.165, 1.54) is 186 Å². The number of phosphoric acid groups is 1. The Kier molecular flexibility index (Phi) is 59.6. The fourth-order valence-corrected chi connectivity index (χ4v) is 10.8. The molecule has 0 saturated carbocycles. The Hall–Kier alpha value is -2.55. The number of ether oxygens (including phenoxy) is 1. The van der Waals surface area contributed by atoms with Gasteiger partial charge in [0.15, 0.2) is 0 Å². The molecule has 3 unspecified atom stereocenters. The minimum Gasteiger partial charge on any atom is -0.456 e. The lowest BCUT2D eigenvalue weighted by Crippen LogP contribution is -2.47. The van der Waals surface area contributed by atoms with E-state index in [1.807, 2.05) is 33.3 Å². The van der Waals surface area contributed by atoms with Gasteiger partial charge in [-0.3, -0.25) is 18.6 Å². The van der Waals surface area contributed by atoms with Gasteiger partial charge in [-0.05, 0) is 76.7 Å². The lowest BCUT2D eigenvalue weighted by Gasteiger charge is -2.27. The van der Waals surface area contributed by atoms with Crippen LogP contribution in [0.25, 0.3) is 0 Å². The molecule has 0 aliphatic rings. The number of likely N-dealkylation sites (N-methyl/N-ethyl adjacent to an activating group) is 1. The summed E-state index contributed by atoms with van der Waals surface area (Å²) in [4.78, 5) is 37.9. The quantitative estimate of drug-likeness (QED) is 0.0205. The highest BCUT2D eigenvalue weighted by atomic mass is 31.2. The monoisotopic (exact) mass is 1170 g/mol. The van der Waals surface area contributed by atoms with E-state index < -0.39 is 20.0 Å². The molecule has 0 fully saturated rings. The summed E-state index contributed by atoms with van der Waals surface area (Å²) in [7, 11) is 1.50. The third-order valence-corrected chi connectivity index (χ3v) is 16.4. The number of amides is 1. The van der Waals surface area contributed by atoms with Gasteiger partial charge in [0.2, 0.25) is 5.91 Å². The first-order valence-corrected chi connectivity index (χ1v) is 36.3. The molecular formula is C72H134N2O7P+. The lowest BCUT2D eigenvalue weighted by molar-refractivity contribution is -0.870. The fourth-order valence-electron chi connectivity index (χ4n) is 10.1. The third-order valence-electron chi connectivity index (χ3n) is 15.4. The predicted octanol–water partition coefficient (Wildman–Crippen LogP) is 22.0. The van der Waals surface area contributed by atoms with E-state index in [9.17, 15) is 19.0 Å². The maximum absolute atomic E-state index is 13.6. The van der Waals surface area contributed by atoms with Gasteiger partial charge in [-0.1, -0.05) is 306 Å². The summed E-state index contributed by atoms with van der Waals surface area (Å²) >= 11 is 0. The number of phosphoric ester groups is 1. The molecule has 9 nitrogen and oxygen atoms in total. The largest absolute Gasteiger partial charge is 0.472 e. The van der Waals surface area contributed by atoms with Gasteiger partial charge in [-0.2, -0.15) is 0 Å². The van der Waals surface area contributed by atoms with Gasteiger partial charge in [-0.15, -0.1) is 0 Å². The van der Waals surface area contributed by atoms with Crippen LogP contribution in [0.2, 0.25) is 0 Å². The van der Waals surface area contributed by atoms with E-state index in [0.29, 0.717) is 23.9 Å². The molecule has 0 rings (SSSR count). The van der Waals surface area contributed by atoms with Gasteiger partial charge in [0.1, 0.15) is 19.3 Å². The number of esters is 1. The summed E-state index contributed by atoms with van der Waals surface area (Å²) in [5.41, 5.74) is 0. The topological polar surface area (TPSA) is 111 Å². The van der Waals surface area contributed by atoms with Gasteiger partial charge < -0.3 is 19.4 Å². The maximum atomic E-state index is 13.6. The summed E-state index contributed by atoms with van der Waals surface area (Å²) in [5.74, 6) is -0.501. The van der Waals surface area contributed by atoms with Crippen LogP contribution in [-0.4, -0.2) is 74.3 Å². The summed E-state index contributed by atoms with van der Waals surface area (Å²) in [5, 5.41) is 3.07. The molecule has 0 aromatic carbocycles. The number of carbonyl (C=O) groups is 2. The van der Waals surface area contributed by atoms with Crippen molar-refractivity contribution in [2.24, 2.45) is 0 Å². The highest BCUT2D eigenvalue weighted by Gasteiger charge is 2.30. The van der Waals surface area contributed by atoms with Crippen molar-refractivity contribution >= 4 is 19.7 Å². The molecule has 0 saturated heterocycles. The second-order valence-corrected chi connectivity index (χ2v) is 26.1. The lowest BCUT2D eigenvalue weighted by atomic mass is 10.0. The first-order chi connectivity index (χ1) is 39.9. The van der Waals surface area contributed by atoms with Gasteiger partial charge in [0.05, 0.1) is 33.8 Å². The van der Waals surface area contributed by atoms with Crippen LogP contribution in [0, 0.1) is 0 Å². The molecule has 0 aromatic heterocycles. The van der Waals surface area contributed by atoms with Crippen LogP contribution in [0.4, 0.5) is 0 Å². The van der Waals surface area contributed by atoms with Crippen LogP contribution >= 0.6 is 7.82 Å². The number of nitrogens with zero attached hydrogens (tertiary/aromatic N) is 1. The Morgan fingerprint density at radius 3 is 1.17 bits per heavy atom. The van der Waals surface area contributed by atoms with Crippen molar-refractivity contribution in [1.29, 1.82) is 0 Å². The first kappa shape index (κ1) is 79.5. The average Bonchev–Trinajstić information content (AvgIpc) is 3.44. The first-order valence-electron chi connectivity index (χ1n) is 34.8. The molecule has 3 atom stereocenters. The summed E-state index contributed by atoms with van der Waals surface area (Å²) in [6.07, 6.45) is 80.5. The molecule has 82 heavy (non-hydrogen) atoms. The molecule has 0 heterocycles. The number of hydrogen-bond donors (Lipinski definition) is 2. The molecule has 0 aliphatic heterocycles. The number of quaternary nitrogens is 1. The highest BCUT2D eigenvalue weighted by Crippen LogP contribution is 2.43. The van der Waals surface area contributed by atoms with E-state index in [4.69, 9.17) is 13.8 Å². The number of hydrogen-bond acceptors (Lipinski definition) is 6. The molecular weight excluding hydrogens is 1040 g/mol. The van der Waals surface area contributed by atoms with Gasteiger partial charge in [-0.25, -0.2) is 4.57 Å². The van der Waals surface area contributed by atoms with E-state index in [2.05, 4.69) is 86.8 Å². The Bertz CT molecular complexity index is 1630. The van der Waals surface area contributed by atoms with Gasteiger partial charge in [0, 0.05) is 12.8 Å². The van der Waals surface area contributed by atoms with E-state index in [0.717, 1.165) is 103 Å². The maximum Gasteiger partial charge on any atom is 0.472 e. The molecule has 0 radical (unpaired) electrons. The van der Waals surface area contributed by atoms with Crippen molar-refractivity contribution in [2.45, 2.75) is 335 Å². The standard InChI is InChI=1S/C72H133N2O7P/c1-7-10-13-16-19-22-25-28-30-32-34-35-36-37-38-39-41-42-44-46-49-52-55-58-61-64-71(75)73-69(68-80-82(77,78)79-67-66-74(4,5)6)70(63-60-57-54-51-48-27-24-21-18-15-12-9-3)81-72(76)65-62-59-56-53-50-47-45-43-40-33-31-29-26-23-20-17-14-11-8-2/h10,13,19,22,28,30,34-35,37-38,60,63,69-70H,7-9,11-12,14-18,20-21,23-27,29,31-33,36,39-59,61-62,64-68H2,1-6H3,(H-,73,75,77,78)/p+1/b13-10-,22-19-,30-28-,35-34-,38-37-,63-60-. The van der Waals surface area contributed by atoms with E-state index in [-0.39, 0.29) is 25.1 Å².